The van der Waals surface area contributed by atoms with Gasteiger partial charge < -0.3 is 5.32 Å². The number of hydrogen-bond donors (Lipinski definition) is 1. The Bertz CT molecular complexity index is 402. The van der Waals surface area contributed by atoms with Crippen LogP contribution in [0, 0.1) is 5.92 Å². The molecule has 1 fully saturated rings. The van der Waals surface area contributed by atoms with E-state index in [1.807, 2.05) is 6.07 Å². The number of halogens is 2. The van der Waals surface area contributed by atoms with Gasteiger partial charge in [-0.05, 0) is 55.8 Å². The van der Waals surface area contributed by atoms with E-state index in [9.17, 15) is 0 Å². The van der Waals surface area contributed by atoms with Gasteiger partial charge in [-0.2, -0.15) is 0 Å². The van der Waals surface area contributed by atoms with E-state index in [1.165, 1.54) is 37.7 Å². The van der Waals surface area contributed by atoms with Gasteiger partial charge in [0.2, 0.25) is 0 Å². The summed E-state index contributed by atoms with van der Waals surface area (Å²) in [7, 11) is 0. The average Bonchev–Trinajstić information content (AvgIpc) is 2.90. The Hall–Kier alpha value is -0.0500. The van der Waals surface area contributed by atoms with Crippen molar-refractivity contribution in [2.75, 3.05) is 6.54 Å². The smallest absolute Gasteiger partial charge is 0.0449 e. The molecule has 1 atom stereocenters. The highest BCUT2D eigenvalue weighted by Gasteiger charge is 2.25. The third-order valence-corrected chi connectivity index (χ3v) is 4.93. The lowest BCUT2D eigenvalue weighted by atomic mass is 9.92. The van der Waals surface area contributed by atoms with Crippen molar-refractivity contribution in [3.63, 3.8) is 0 Å². The molecule has 1 aromatic carbocycles. The summed E-state index contributed by atoms with van der Waals surface area (Å²) in [5.41, 5.74) is 1.27. The second-order valence-electron chi connectivity index (χ2n) is 5.55. The van der Waals surface area contributed by atoms with Crippen molar-refractivity contribution in [1.29, 1.82) is 0 Å². The molecule has 19 heavy (non-hydrogen) atoms. The summed E-state index contributed by atoms with van der Waals surface area (Å²) in [4.78, 5) is 0. The molecule has 1 aliphatic carbocycles. The predicted molar refractivity (Wildman–Crippen MR) is 86.9 cm³/mol. The molecular formula is C16H23BrClN. The zero-order valence-electron chi connectivity index (χ0n) is 11.6. The van der Waals surface area contributed by atoms with Crippen LogP contribution in [0.4, 0.5) is 0 Å². The molecule has 0 heterocycles. The maximum atomic E-state index is 6.36. The van der Waals surface area contributed by atoms with E-state index in [0.717, 1.165) is 28.4 Å². The molecule has 0 aliphatic heterocycles. The molecule has 1 saturated carbocycles. The fourth-order valence-electron chi connectivity index (χ4n) is 3.02. The molecule has 106 valence electrons. The minimum Gasteiger partial charge on any atom is -0.313 e. The van der Waals surface area contributed by atoms with E-state index >= 15 is 0 Å². The van der Waals surface area contributed by atoms with E-state index in [-0.39, 0.29) is 0 Å². The molecule has 0 bridgehead atoms. The van der Waals surface area contributed by atoms with Crippen molar-refractivity contribution in [3.8, 4) is 0 Å². The van der Waals surface area contributed by atoms with Crippen LogP contribution in [-0.2, 0) is 6.42 Å². The lowest BCUT2D eigenvalue weighted by Crippen LogP contribution is -2.37. The average molecular weight is 345 g/mol. The van der Waals surface area contributed by atoms with Crippen LogP contribution >= 0.6 is 27.5 Å². The number of benzene rings is 1. The summed E-state index contributed by atoms with van der Waals surface area (Å²) in [6, 6.07) is 6.83. The van der Waals surface area contributed by atoms with Crippen LogP contribution in [-0.4, -0.2) is 12.6 Å². The molecule has 1 nitrogen and oxygen atoms in total. The Morgan fingerprint density at radius 1 is 1.37 bits per heavy atom. The molecule has 0 radical (unpaired) electrons. The molecule has 2 rings (SSSR count). The first-order valence-electron chi connectivity index (χ1n) is 7.38. The normalized spacial score (nSPS) is 17.8. The first kappa shape index (κ1) is 15.3. The van der Waals surface area contributed by atoms with E-state index in [2.05, 4.69) is 40.3 Å². The van der Waals surface area contributed by atoms with Crippen LogP contribution < -0.4 is 5.32 Å². The van der Waals surface area contributed by atoms with Crippen molar-refractivity contribution in [1.82, 2.24) is 5.32 Å². The summed E-state index contributed by atoms with van der Waals surface area (Å²) in [6.45, 7) is 3.33. The summed E-state index contributed by atoms with van der Waals surface area (Å²) < 4.78 is 1.06. The van der Waals surface area contributed by atoms with Crippen LogP contribution in [0.15, 0.2) is 22.7 Å². The molecule has 1 unspecified atom stereocenters. The summed E-state index contributed by atoms with van der Waals surface area (Å²) in [5, 5.41) is 4.62. The Morgan fingerprint density at radius 3 is 2.74 bits per heavy atom. The van der Waals surface area contributed by atoms with Gasteiger partial charge in [-0.25, -0.2) is 0 Å². The Balaban J connectivity index is 2.05. The predicted octanol–water partition coefficient (Wildman–Crippen LogP) is 5.20. The third kappa shape index (κ3) is 4.47. The first-order valence-corrected chi connectivity index (χ1v) is 8.55. The number of rotatable bonds is 6. The SMILES string of the molecule is CCCNC(Cc1ccc(Br)cc1Cl)C1CCCC1. The highest BCUT2D eigenvalue weighted by atomic mass is 79.9. The molecule has 3 heteroatoms. The minimum absolute atomic E-state index is 0.584. The molecule has 0 aromatic heterocycles. The fraction of sp³-hybridized carbons (Fsp3) is 0.625. The van der Waals surface area contributed by atoms with E-state index < -0.39 is 0 Å². The van der Waals surface area contributed by atoms with Gasteiger partial charge in [0.25, 0.3) is 0 Å². The standard InChI is InChI=1S/C16H23BrClN/c1-2-9-19-16(12-5-3-4-6-12)10-13-7-8-14(17)11-15(13)18/h7-8,11-12,16,19H,2-6,9-10H2,1H3. The van der Waals surface area contributed by atoms with Gasteiger partial charge in [-0.1, -0.05) is 53.4 Å². The highest BCUT2D eigenvalue weighted by molar-refractivity contribution is 9.10. The van der Waals surface area contributed by atoms with Crippen LogP contribution in [0.5, 0.6) is 0 Å². The van der Waals surface area contributed by atoms with Crippen LogP contribution in [0.25, 0.3) is 0 Å². The molecule has 0 saturated heterocycles. The zero-order valence-corrected chi connectivity index (χ0v) is 13.9. The Kier molecular flexibility index (Phi) is 6.18. The van der Waals surface area contributed by atoms with Gasteiger partial charge in [0.05, 0.1) is 0 Å². The van der Waals surface area contributed by atoms with Gasteiger partial charge in [-0.15, -0.1) is 0 Å². The number of nitrogens with one attached hydrogen (secondary N) is 1. The molecule has 1 aromatic rings. The Labute approximate surface area is 130 Å². The molecular weight excluding hydrogens is 322 g/mol. The van der Waals surface area contributed by atoms with Gasteiger partial charge in [-0.3, -0.25) is 0 Å². The topological polar surface area (TPSA) is 12.0 Å². The van der Waals surface area contributed by atoms with Crippen molar-refractivity contribution >= 4 is 27.5 Å². The van der Waals surface area contributed by atoms with Crippen LogP contribution in [0.2, 0.25) is 5.02 Å². The molecule has 0 spiro atoms. The lowest BCUT2D eigenvalue weighted by molar-refractivity contribution is 0.356. The summed E-state index contributed by atoms with van der Waals surface area (Å²) >= 11 is 9.83. The van der Waals surface area contributed by atoms with Crippen LogP contribution in [0.1, 0.15) is 44.6 Å². The first-order chi connectivity index (χ1) is 9.20. The number of hydrogen-bond acceptors (Lipinski definition) is 1. The summed E-state index contributed by atoms with van der Waals surface area (Å²) in [5.74, 6) is 0.825. The lowest BCUT2D eigenvalue weighted by Gasteiger charge is -2.25. The van der Waals surface area contributed by atoms with Crippen molar-refractivity contribution in [2.24, 2.45) is 5.92 Å². The van der Waals surface area contributed by atoms with E-state index in [0.29, 0.717) is 6.04 Å². The monoisotopic (exact) mass is 343 g/mol. The van der Waals surface area contributed by atoms with Gasteiger partial charge in [0.15, 0.2) is 0 Å². The third-order valence-electron chi connectivity index (χ3n) is 4.08. The van der Waals surface area contributed by atoms with Gasteiger partial charge >= 0.3 is 0 Å². The quantitative estimate of drug-likeness (QED) is 0.747. The fourth-order valence-corrected chi connectivity index (χ4v) is 3.77. The second kappa shape index (κ2) is 7.66. The second-order valence-corrected chi connectivity index (χ2v) is 6.87. The van der Waals surface area contributed by atoms with Gasteiger partial charge in [0, 0.05) is 15.5 Å². The molecule has 1 aliphatic rings. The highest BCUT2D eigenvalue weighted by Crippen LogP contribution is 2.31. The van der Waals surface area contributed by atoms with Crippen molar-refractivity contribution < 1.29 is 0 Å². The summed E-state index contributed by atoms with van der Waals surface area (Å²) in [6.07, 6.45) is 7.77. The van der Waals surface area contributed by atoms with Crippen molar-refractivity contribution in [3.05, 3.63) is 33.3 Å². The largest absolute Gasteiger partial charge is 0.313 e. The minimum atomic E-state index is 0.584. The van der Waals surface area contributed by atoms with Crippen LogP contribution in [0.3, 0.4) is 0 Å². The van der Waals surface area contributed by atoms with Gasteiger partial charge in [0.1, 0.15) is 0 Å². The zero-order chi connectivity index (χ0) is 13.7. The maximum Gasteiger partial charge on any atom is 0.0449 e. The molecule has 1 N–H and O–H groups in total. The Morgan fingerprint density at radius 2 is 2.11 bits per heavy atom. The van der Waals surface area contributed by atoms with E-state index in [1.54, 1.807) is 0 Å². The van der Waals surface area contributed by atoms with E-state index in [4.69, 9.17) is 11.6 Å². The maximum absolute atomic E-state index is 6.36. The van der Waals surface area contributed by atoms with Crippen molar-refractivity contribution in [2.45, 2.75) is 51.5 Å². The molecule has 0 amide bonds.